The van der Waals surface area contributed by atoms with Crippen molar-refractivity contribution in [3.05, 3.63) is 51.6 Å². The Balaban J connectivity index is 1.26. The molecule has 1 aromatic carbocycles. The van der Waals surface area contributed by atoms with Gasteiger partial charge in [-0.3, -0.25) is 4.79 Å². The Kier molecular flexibility index (Phi) is 7.68. The molecule has 1 fully saturated rings. The molecule has 1 atom stereocenters. The van der Waals surface area contributed by atoms with E-state index in [1.807, 2.05) is 36.0 Å². The highest BCUT2D eigenvalue weighted by molar-refractivity contribution is 7.99. The zero-order chi connectivity index (χ0) is 25.1. The Labute approximate surface area is 219 Å². The van der Waals surface area contributed by atoms with Crippen LogP contribution in [-0.4, -0.2) is 23.7 Å². The number of carbonyl (C=O) groups excluding carboxylic acids is 2. The number of hydrogen-bond acceptors (Lipinski definition) is 7. The lowest BCUT2D eigenvalue weighted by molar-refractivity contribution is -0.119. The lowest BCUT2D eigenvalue weighted by Gasteiger charge is -2.20. The van der Waals surface area contributed by atoms with E-state index in [1.165, 1.54) is 48.3 Å². The van der Waals surface area contributed by atoms with E-state index in [4.69, 9.17) is 9.15 Å². The number of thiophene rings is 1. The van der Waals surface area contributed by atoms with Crippen LogP contribution in [0.3, 0.4) is 0 Å². The largest absolute Gasteiger partial charge is 0.450 e. The minimum Gasteiger partial charge on any atom is -0.450 e. The topological polar surface area (TPSA) is 92.3 Å². The molecule has 5 rings (SSSR count). The summed E-state index contributed by atoms with van der Waals surface area (Å²) < 4.78 is 11.3. The van der Waals surface area contributed by atoms with E-state index in [2.05, 4.69) is 18.3 Å². The van der Waals surface area contributed by atoms with Gasteiger partial charge < -0.3 is 14.5 Å². The van der Waals surface area contributed by atoms with E-state index in [-0.39, 0.29) is 5.76 Å². The molecule has 188 valence electrons. The van der Waals surface area contributed by atoms with Crippen LogP contribution < -0.4 is 5.32 Å². The monoisotopic (exact) mass is 522 g/mol. The number of ether oxygens (including phenoxy) is 1. The van der Waals surface area contributed by atoms with Crippen LogP contribution in [-0.2, 0) is 28.1 Å². The predicted molar refractivity (Wildman–Crippen MR) is 144 cm³/mol. The standard InChI is InChI=1S/C28H30N2O4S2/c1-17-11-12-20-21(14-29)27(36-24(20)13-17)30-25(31)15-33-28(32)26-22(16-35-18-7-3-2-4-8-18)19-9-5-6-10-23(19)34-26/h5-6,9-10,17-18H,2-4,7-8,11-13,15-16H2,1H3,(H,30,31)/t17-/m1/s1. The van der Waals surface area contributed by atoms with Crippen molar-refractivity contribution in [2.24, 2.45) is 5.92 Å². The first-order chi connectivity index (χ1) is 17.5. The van der Waals surface area contributed by atoms with E-state index >= 15 is 0 Å². The van der Waals surface area contributed by atoms with E-state index in [1.54, 1.807) is 0 Å². The second-order valence-corrected chi connectivity index (χ2v) is 12.2. The normalized spacial score (nSPS) is 17.9. The highest BCUT2D eigenvalue weighted by atomic mass is 32.2. The molecule has 2 aliphatic carbocycles. The SMILES string of the molecule is C[C@@H]1CCc2c(sc(NC(=O)COC(=O)c3oc4ccccc4c3CSC3CCCCC3)c2C#N)C1. The van der Waals surface area contributed by atoms with E-state index in [0.29, 0.717) is 33.1 Å². The summed E-state index contributed by atoms with van der Waals surface area (Å²) in [6, 6.07) is 9.86. The molecule has 3 aromatic rings. The fraction of sp³-hybridized carbons (Fsp3) is 0.464. The number of hydrogen-bond donors (Lipinski definition) is 1. The van der Waals surface area contributed by atoms with E-state index in [9.17, 15) is 14.9 Å². The Morgan fingerprint density at radius 1 is 1.22 bits per heavy atom. The molecule has 0 spiro atoms. The van der Waals surface area contributed by atoms with Gasteiger partial charge in [0.1, 0.15) is 16.7 Å². The minimum atomic E-state index is -0.639. The molecule has 36 heavy (non-hydrogen) atoms. The summed E-state index contributed by atoms with van der Waals surface area (Å²) in [5.74, 6) is 0.316. The van der Waals surface area contributed by atoms with Crippen LogP contribution in [0.2, 0.25) is 0 Å². The zero-order valence-electron chi connectivity index (χ0n) is 20.4. The van der Waals surface area contributed by atoms with Gasteiger partial charge in [0, 0.05) is 26.8 Å². The molecule has 0 aliphatic heterocycles. The second kappa shape index (κ2) is 11.1. The van der Waals surface area contributed by atoms with Gasteiger partial charge in [0.2, 0.25) is 5.76 Å². The fourth-order valence-electron chi connectivity index (χ4n) is 5.16. The van der Waals surface area contributed by atoms with Crippen molar-refractivity contribution in [2.45, 2.75) is 69.3 Å². The number of nitrogens with zero attached hydrogens (tertiary/aromatic N) is 1. The number of nitriles is 1. The molecule has 1 N–H and O–H groups in total. The van der Waals surface area contributed by atoms with Gasteiger partial charge in [-0.05, 0) is 49.7 Å². The molecule has 8 heteroatoms. The van der Waals surface area contributed by atoms with E-state index in [0.717, 1.165) is 35.8 Å². The highest BCUT2D eigenvalue weighted by Gasteiger charge is 2.26. The average Bonchev–Trinajstić information content (AvgIpc) is 3.43. The fourth-order valence-corrected chi connectivity index (χ4v) is 7.89. The van der Waals surface area contributed by atoms with Crippen molar-refractivity contribution >= 4 is 50.9 Å². The first kappa shape index (κ1) is 24.9. The third-order valence-corrected chi connectivity index (χ3v) is 9.68. The Bertz CT molecular complexity index is 1310. The average molecular weight is 523 g/mol. The van der Waals surface area contributed by atoms with Crippen molar-refractivity contribution in [3.63, 3.8) is 0 Å². The quantitative estimate of drug-likeness (QED) is 0.341. The molecular weight excluding hydrogens is 492 g/mol. The highest BCUT2D eigenvalue weighted by Crippen LogP contribution is 2.39. The van der Waals surface area contributed by atoms with Gasteiger partial charge in [-0.2, -0.15) is 17.0 Å². The third-order valence-electron chi connectivity index (χ3n) is 7.11. The number of furan rings is 1. The molecule has 0 radical (unpaired) electrons. The number of nitrogens with one attached hydrogen (secondary N) is 1. The van der Waals surface area contributed by atoms with Crippen LogP contribution in [0.15, 0.2) is 28.7 Å². The van der Waals surface area contributed by atoms with Crippen LogP contribution in [0.5, 0.6) is 0 Å². The van der Waals surface area contributed by atoms with Gasteiger partial charge >= 0.3 is 5.97 Å². The molecule has 2 heterocycles. The van der Waals surface area contributed by atoms with Gasteiger partial charge in [-0.1, -0.05) is 44.4 Å². The van der Waals surface area contributed by atoms with E-state index < -0.39 is 18.5 Å². The number of amides is 1. The first-order valence-corrected chi connectivity index (χ1v) is 14.5. The van der Waals surface area contributed by atoms with Crippen molar-refractivity contribution in [1.29, 1.82) is 5.26 Å². The molecule has 2 aromatic heterocycles. The maximum Gasteiger partial charge on any atom is 0.375 e. The predicted octanol–water partition coefficient (Wildman–Crippen LogP) is 6.85. The first-order valence-electron chi connectivity index (χ1n) is 12.7. The van der Waals surface area contributed by atoms with Gasteiger partial charge in [-0.15, -0.1) is 11.3 Å². The Morgan fingerprint density at radius 2 is 2.03 bits per heavy atom. The number of thioether (sulfide) groups is 1. The molecule has 1 saturated carbocycles. The number of para-hydroxylation sites is 1. The van der Waals surface area contributed by atoms with Crippen molar-refractivity contribution < 1.29 is 18.7 Å². The Hall–Kier alpha value is -2.76. The summed E-state index contributed by atoms with van der Waals surface area (Å²) in [7, 11) is 0. The van der Waals surface area contributed by atoms with Crippen molar-refractivity contribution in [2.75, 3.05) is 11.9 Å². The van der Waals surface area contributed by atoms with Crippen molar-refractivity contribution in [1.82, 2.24) is 0 Å². The summed E-state index contributed by atoms with van der Waals surface area (Å²) in [5.41, 5.74) is 3.07. The number of anilines is 1. The van der Waals surface area contributed by atoms with Crippen LogP contribution in [0.4, 0.5) is 5.00 Å². The van der Waals surface area contributed by atoms with Gasteiger partial charge in [0.25, 0.3) is 5.91 Å². The van der Waals surface area contributed by atoms with Gasteiger partial charge in [0.05, 0.1) is 5.56 Å². The number of carbonyl (C=O) groups is 2. The molecule has 0 unspecified atom stereocenters. The summed E-state index contributed by atoms with van der Waals surface area (Å²) >= 11 is 3.33. The van der Waals surface area contributed by atoms with Crippen LogP contribution in [0.1, 0.15) is 77.6 Å². The molecule has 1 amide bonds. The van der Waals surface area contributed by atoms with Crippen LogP contribution in [0, 0.1) is 17.2 Å². The number of esters is 1. The lowest BCUT2D eigenvalue weighted by Crippen LogP contribution is -2.21. The van der Waals surface area contributed by atoms with Gasteiger partial charge in [-0.25, -0.2) is 4.79 Å². The summed E-state index contributed by atoms with van der Waals surface area (Å²) in [5, 5.41) is 14.5. The third kappa shape index (κ3) is 5.33. The maximum absolute atomic E-state index is 13.0. The van der Waals surface area contributed by atoms with Crippen LogP contribution in [0.25, 0.3) is 11.0 Å². The zero-order valence-corrected chi connectivity index (χ0v) is 22.1. The Morgan fingerprint density at radius 3 is 2.83 bits per heavy atom. The number of fused-ring (bicyclic) bond motifs is 2. The minimum absolute atomic E-state index is 0.172. The molecule has 0 saturated heterocycles. The number of benzene rings is 1. The van der Waals surface area contributed by atoms with Crippen LogP contribution >= 0.6 is 23.1 Å². The molecule has 0 bridgehead atoms. The maximum atomic E-state index is 13.0. The van der Waals surface area contributed by atoms with Gasteiger partial charge in [0.15, 0.2) is 6.61 Å². The summed E-state index contributed by atoms with van der Waals surface area (Å²) in [6.45, 7) is 1.77. The van der Waals surface area contributed by atoms with Crippen molar-refractivity contribution in [3.8, 4) is 6.07 Å². The summed E-state index contributed by atoms with van der Waals surface area (Å²) in [4.78, 5) is 26.8. The molecular formula is C28H30N2O4S2. The molecule has 2 aliphatic rings. The smallest absolute Gasteiger partial charge is 0.375 e. The lowest BCUT2D eigenvalue weighted by atomic mass is 9.89. The molecule has 6 nitrogen and oxygen atoms in total. The second-order valence-electron chi connectivity index (χ2n) is 9.77. The number of rotatable bonds is 7. The summed E-state index contributed by atoms with van der Waals surface area (Å²) in [6.07, 6.45) is 9.05.